The first-order valence-corrected chi connectivity index (χ1v) is 7.75. The maximum Gasteiger partial charge on any atom is 0.0659 e. The van der Waals surface area contributed by atoms with Gasteiger partial charge in [-0.15, -0.1) is 0 Å². The van der Waals surface area contributed by atoms with Crippen molar-refractivity contribution < 1.29 is 4.74 Å². The molecule has 102 valence electrons. The van der Waals surface area contributed by atoms with Crippen LogP contribution >= 0.6 is 15.9 Å². The molecule has 19 heavy (non-hydrogen) atoms. The third-order valence-electron chi connectivity index (χ3n) is 4.00. The Hall–Kier alpha value is -0.710. The lowest BCUT2D eigenvalue weighted by Crippen LogP contribution is -2.43. The highest BCUT2D eigenvalue weighted by molar-refractivity contribution is 9.10. The highest BCUT2D eigenvalue weighted by atomic mass is 79.9. The second-order valence-corrected chi connectivity index (χ2v) is 6.08. The molecule has 1 saturated heterocycles. The van der Waals surface area contributed by atoms with Gasteiger partial charge in [0.25, 0.3) is 0 Å². The van der Waals surface area contributed by atoms with E-state index in [9.17, 15) is 0 Å². The Morgan fingerprint density at radius 1 is 1.26 bits per heavy atom. The fourth-order valence-corrected chi connectivity index (χ4v) is 3.13. The summed E-state index contributed by atoms with van der Waals surface area (Å²) in [4.78, 5) is 7.07. The molecule has 1 unspecified atom stereocenters. The molecule has 2 aliphatic rings. The zero-order valence-corrected chi connectivity index (χ0v) is 12.6. The van der Waals surface area contributed by atoms with Crippen LogP contribution in [0.3, 0.4) is 0 Å². The van der Waals surface area contributed by atoms with Crippen LogP contribution in [-0.2, 0) is 4.74 Å². The van der Waals surface area contributed by atoms with Crippen molar-refractivity contribution in [3.8, 4) is 0 Å². The van der Waals surface area contributed by atoms with Crippen LogP contribution in [0.25, 0.3) is 5.57 Å². The molecule has 1 fully saturated rings. The fourth-order valence-electron chi connectivity index (χ4n) is 2.89. The first-order valence-electron chi connectivity index (χ1n) is 6.96. The van der Waals surface area contributed by atoms with Crippen LogP contribution in [0.15, 0.2) is 28.9 Å². The Morgan fingerprint density at radius 3 is 2.74 bits per heavy atom. The molecule has 0 N–H and O–H groups in total. The summed E-state index contributed by atoms with van der Waals surface area (Å²) in [6.07, 6.45) is 7.78. The number of rotatable bonds is 2. The summed E-state index contributed by atoms with van der Waals surface area (Å²) in [6, 6.07) is 4.87. The zero-order chi connectivity index (χ0) is 13.1. The van der Waals surface area contributed by atoms with Crippen LogP contribution in [0.1, 0.15) is 25.0 Å². The van der Waals surface area contributed by atoms with E-state index >= 15 is 0 Å². The topological polar surface area (TPSA) is 25.4 Å². The van der Waals surface area contributed by atoms with Gasteiger partial charge in [0, 0.05) is 29.8 Å². The lowest BCUT2D eigenvalue weighted by atomic mass is 9.92. The third kappa shape index (κ3) is 3.25. The first kappa shape index (κ1) is 13.3. The molecule has 0 amide bonds. The van der Waals surface area contributed by atoms with Crippen LogP contribution in [0.4, 0.5) is 0 Å². The Morgan fingerprint density at radius 2 is 2.11 bits per heavy atom. The number of aromatic nitrogens is 1. The number of hydrogen-bond acceptors (Lipinski definition) is 3. The Balaban J connectivity index is 1.64. The molecular formula is C15H19BrN2O. The number of pyridine rings is 1. The van der Waals surface area contributed by atoms with Gasteiger partial charge < -0.3 is 4.74 Å². The minimum Gasteiger partial charge on any atom is -0.379 e. The van der Waals surface area contributed by atoms with E-state index in [-0.39, 0.29) is 0 Å². The third-order valence-corrected chi connectivity index (χ3v) is 4.47. The molecule has 0 spiro atoms. The van der Waals surface area contributed by atoms with Gasteiger partial charge in [-0.3, -0.25) is 9.88 Å². The number of ether oxygens (including phenoxy) is 1. The number of morpholine rings is 1. The van der Waals surface area contributed by atoms with Gasteiger partial charge in [-0.25, -0.2) is 0 Å². The predicted octanol–water partition coefficient (Wildman–Crippen LogP) is 3.11. The number of allylic oxidation sites excluding steroid dienone is 1. The standard InChI is InChI=1S/C15H19BrN2O/c16-13-3-6-15(17-11-13)12-1-4-14(5-2-12)18-7-9-19-10-8-18/h1,3,6,11,14H,2,4-5,7-10H2. The van der Waals surface area contributed by atoms with E-state index in [0.717, 1.165) is 49.3 Å². The molecular weight excluding hydrogens is 304 g/mol. The van der Waals surface area contributed by atoms with E-state index in [0.29, 0.717) is 6.04 Å². The lowest BCUT2D eigenvalue weighted by Gasteiger charge is -2.36. The summed E-state index contributed by atoms with van der Waals surface area (Å²) in [6.45, 7) is 3.96. The molecule has 3 nitrogen and oxygen atoms in total. The van der Waals surface area contributed by atoms with Gasteiger partial charge in [0.15, 0.2) is 0 Å². The van der Waals surface area contributed by atoms with Crippen molar-refractivity contribution in [2.75, 3.05) is 26.3 Å². The summed E-state index contributed by atoms with van der Waals surface area (Å²) in [7, 11) is 0. The average Bonchev–Trinajstić information content (AvgIpc) is 2.49. The molecule has 0 saturated carbocycles. The van der Waals surface area contributed by atoms with Crippen molar-refractivity contribution in [2.24, 2.45) is 0 Å². The van der Waals surface area contributed by atoms with Crippen molar-refractivity contribution in [3.05, 3.63) is 34.6 Å². The highest BCUT2D eigenvalue weighted by Crippen LogP contribution is 2.29. The van der Waals surface area contributed by atoms with Gasteiger partial charge in [-0.05, 0) is 52.9 Å². The summed E-state index contributed by atoms with van der Waals surface area (Å²) in [5.41, 5.74) is 2.53. The lowest BCUT2D eigenvalue weighted by molar-refractivity contribution is 0.0150. The van der Waals surface area contributed by atoms with Crippen LogP contribution in [0.2, 0.25) is 0 Å². The Bertz CT molecular complexity index is 452. The minimum absolute atomic E-state index is 0.697. The normalized spacial score (nSPS) is 25.1. The van der Waals surface area contributed by atoms with Crippen LogP contribution in [-0.4, -0.2) is 42.2 Å². The zero-order valence-electron chi connectivity index (χ0n) is 11.0. The molecule has 1 aliphatic carbocycles. The van der Waals surface area contributed by atoms with Crippen molar-refractivity contribution in [1.29, 1.82) is 0 Å². The van der Waals surface area contributed by atoms with E-state index < -0.39 is 0 Å². The molecule has 4 heteroatoms. The predicted molar refractivity (Wildman–Crippen MR) is 79.9 cm³/mol. The number of hydrogen-bond donors (Lipinski definition) is 0. The van der Waals surface area contributed by atoms with Gasteiger partial charge in [0.2, 0.25) is 0 Å². The maximum absolute atomic E-state index is 5.42. The molecule has 3 rings (SSSR count). The number of nitrogens with zero attached hydrogens (tertiary/aromatic N) is 2. The van der Waals surface area contributed by atoms with Crippen LogP contribution in [0.5, 0.6) is 0 Å². The second kappa shape index (κ2) is 6.16. The first-order chi connectivity index (χ1) is 9.33. The van der Waals surface area contributed by atoms with E-state index in [4.69, 9.17) is 4.74 Å². The molecule has 1 atom stereocenters. The summed E-state index contributed by atoms with van der Waals surface area (Å²) >= 11 is 3.43. The van der Waals surface area contributed by atoms with E-state index in [2.05, 4.69) is 44.0 Å². The highest BCUT2D eigenvalue weighted by Gasteiger charge is 2.23. The number of halogens is 1. The average molecular weight is 323 g/mol. The molecule has 0 aromatic carbocycles. The van der Waals surface area contributed by atoms with Crippen molar-refractivity contribution in [2.45, 2.75) is 25.3 Å². The molecule has 1 aliphatic heterocycles. The quantitative estimate of drug-likeness (QED) is 0.836. The Labute approximate surface area is 122 Å². The maximum atomic E-state index is 5.42. The SMILES string of the molecule is Brc1ccc(C2=CCC(N3CCOCC3)CC2)nc1. The van der Waals surface area contributed by atoms with Crippen LogP contribution < -0.4 is 0 Å². The van der Waals surface area contributed by atoms with Gasteiger partial charge in [0.1, 0.15) is 0 Å². The smallest absolute Gasteiger partial charge is 0.0659 e. The Kier molecular flexibility index (Phi) is 4.31. The molecule has 1 aromatic heterocycles. The van der Waals surface area contributed by atoms with E-state index in [1.54, 1.807) is 0 Å². The fraction of sp³-hybridized carbons (Fsp3) is 0.533. The molecule has 0 radical (unpaired) electrons. The second-order valence-electron chi connectivity index (χ2n) is 5.17. The van der Waals surface area contributed by atoms with Crippen LogP contribution in [0, 0.1) is 0 Å². The van der Waals surface area contributed by atoms with Crippen molar-refractivity contribution in [1.82, 2.24) is 9.88 Å². The van der Waals surface area contributed by atoms with Crippen molar-refractivity contribution >= 4 is 21.5 Å². The van der Waals surface area contributed by atoms with E-state index in [1.807, 2.05) is 6.20 Å². The molecule has 0 bridgehead atoms. The van der Waals surface area contributed by atoms with Gasteiger partial charge in [-0.1, -0.05) is 6.08 Å². The molecule has 2 heterocycles. The van der Waals surface area contributed by atoms with Gasteiger partial charge in [-0.2, -0.15) is 0 Å². The van der Waals surface area contributed by atoms with Gasteiger partial charge in [0.05, 0.1) is 18.9 Å². The molecule has 1 aromatic rings. The summed E-state index contributed by atoms with van der Waals surface area (Å²) in [5.74, 6) is 0. The monoisotopic (exact) mass is 322 g/mol. The van der Waals surface area contributed by atoms with Gasteiger partial charge >= 0.3 is 0 Å². The summed E-state index contributed by atoms with van der Waals surface area (Å²) in [5, 5.41) is 0. The minimum atomic E-state index is 0.697. The van der Waals surface area contributed by atoms with E-state index in [1.165, 1.54) is 12.0 Å². The largest absolute Gasteiger partial charge is 0.379 e. The summed E-state index contributed by atoms with van der Waals surface area (Å²) < 4.78 is 6.46. The van der Waals surface area contributed by atoms with Crippen molar-refractivity contribution in [3.63, 3.8) is 0 Å².